The van der Waals surface area contributed by atoms with Crippen molar-refractivity contribution in [3.63, 3.8) is 0 Å². The van der Waals surface area contributed by atoms with Crippen LogP contribution in [0.1, 0.15) is 31.1 Å². The summed E-state index contributed by atoms with van der Waals surface area (Å²) in [6.07, 6.45) is -0.666. The molecular weight excluding hydrogens is 428 g/mol. The Balaban J connectivity index is 1.72. The first kappa shape index (κ1) is 22.1. The van der Waals surface area contributed by atoms with Gasteiger partial charge in [-0.3, -0.25) is 14.5 Å². The number of amides is 1. The Morgan fingerprint density at radius 2 is 1.62 bits per heavy atom. The number of esters is 2. The van der Waals surface area contributed by atoms with Crippen molar-refractivity contribution in [2.75, 3.05) is 6.61 Å². The number of hydrogen-bond donors (Lipinski definition) is 1. The van der Waals surface area contributed by atoms with Crippen molar-refractivity contribution < 1.29 is 23.9 Å². The molecule has 0 spiro atoms. The molecule has 166 valence electrons. The third-order valence-corrected chi connectivity index (χ3v) is 6.99. The van der Waals surface area contributed by atoms with E-state index in [1.54, 1.807) is 0 Å². The molecule has 32 heavy (non-hydrogen) atoms. The molecule has 1 saturated heterocycles. The lowest BCUT2D eigenvalue weighted by molar-refractivity contribution is -0.153. The molecule has 2 aromatic rings. The third kappa shape index (κ3) is 4.16. The molecule has 7 nitrogen and oxygen atoms in total. The highest BCUT2D eigenvalue weighted by molar-refractivity contribution is 8.00. The van der Waals surface area contributed by atoms with Crippen molar-refractivity contribution in [2.45, 2.75) is 36.6 Å². The van der Waals surface area contributed by atoms with Gasteiger partial charge in [-0.25, -0.2) is 4.79 Å². The quantitative estimate of drug-likeness (QED) is 0.531. The Labute approximate surface area is 190 Å². The first-order valence-corrected chi connectivity index (χ1v) is 11.2. The molecule has 2 N–H and O–H groups in total. The number of rotatable bonds is 6. The molecule has 0 aliphatic carbocycles. The fourth-order valence-corrected chi connectivity index (χ4v) is 5.23. The predicted octanol–water partition coefficient (Wildman–Crippen LogP) is 2.77. The molecule has 0 saturated carbocycles. The first-order chi connectivity index (χ1) is 15.4. The standard InChI is InChI=1S/C24H24N2O5S/c1-14-18(13-30-15(2)27)20(26-22(28)19(25)23(26)32-14)24(29)31-21(16-9-5-3-6-10-16)17-11-7-4-8-12-17/h3-12,14,19,21,23H,13,25H2,1-2H3/t14?,19?,23-/m1/s1. The van der Waals surface area contributed by atoms with Crippen molar-refractivity contribution >= 4 is 29.6 Å². The van der Waals surface area contributed by atoms with Crippen LogP contribution in [0.25, 0.3) is 0 Å². The van der Waals surface area contributed by atoms with Crippen LogP contribution < -0.4 is 5.73 Å². The second kappa shape index (κ2) is 9.18. The summed E-state index contributed by atoms with van der Waals surface area (Å²) in [5.41, 5.74) is 8.23. The molecule has 0 aromatic heterocycles. The maximum absolute atomic E-state index is 13.5. The topological polar surface area (TPSA) is 98.9 Å². The van der Waals surface area contributed by atoms with Crippen LogP contribution in [0, 0.1) is 0 Å². The largest absolute Gasteiger partial charge is 0.461 e. The van der Waals surface area contributed by atoms with Crippen LogP contribution in [0.3, 0.4) is 0 Å². The minimum atomic E-state index is -0.681. The van der Waals surface area contributed by atoms with E-state index in [1.165, 1.54) is 23.6 Å². The van der Waals surface area contributed by atoms with Gasteiger partial charge in [0.1, 0.15) is 23.7 Å². The molecule has 2 aliphatic heterocycles. The van der Waals surface area contributed by atoms with Gasteiger partial charge >= 0.3 is 11.9 Å². The lowest BCUT2D eigenvalue weighted by Gasteiger charge is -2.50. The number of nitrogens with two attached hydrogens (primary N) is 1. The Morgan fingerprint density at radius 1 is 1.06 bits per heavy atom. The van der Waals surface area contributed by atoms with E-state index < -0.39 is 24.1 Å². The molecular formula is C24H24N2O5S. The predicted molar refractivity (Wildman–Crippen MR) is 120 cm³/mol. The van der Waals surface area contributed by atoms with Gasteiger partial charge in [-0.2, -0.15) is 0 Å². The maximum atomic E-state index is 13.5. The van der Waals surface area contributed by atoms with Gasteiger partial charge in [0.05, 0.1) is 0 Å². The molecule has 1 amide bonds. The van der Waals surface area contributed by atoms with E-state index in [0.29, 0.717) is 5.57 Å². The van der Waals surface area contributed by atoms with Crippen molar-refractivity contribution in [2.24, 2.45) is 5.73 Å². The maximum Gasteiger partial charge on any atom is 0.356 e. The number of thioether (sulfide) groups is 1. The van der Waals surface area contributed by atoms with E-state index in [0.717, 1.165) is 11.1 Å². The normalized spacial score (nSPS) is 22.3. The molecule has 0 radical (unpaired) electrons. The number of fused-ring (bicyclic) bond motifs is 1. The summed E-state index contributed by atoms with van der Waals surface area (Å²) >= 11 is 1.46. The summed E-state index contributed by atoms with van der Waals surface area (Å²) in [5.74, 6) is -1.47. The second-order valence-corrected chi connectivity index (χ2v) is 9.13. The van der Waals surface area contributed by atoms with Gasteiger partial charge in [-0.05, 0) is 18.1 Å². The van der Waals surface area contributed by atoms with E-state index in [1.807, 2.05) is 67.6 Å². The van der Waals surface area contributed by atoms with E-state index in [-0.39, 0.29) is 28.8 Å². The number of benzene rings is 2. The van der Waals surface area contributed by atoms with Gasteiger partial charge in [0.15, 0.2) is 6.10 Å². The second-order valence-electron chi connectivity index (χ2n) is 7.66. The van der Waals surface area contributed by atoms with Crippen molar-refractivity contribution in [1.29, 1.82) is 0 Å². The number of ether oxygens (including phenoxy) is 2. The number of nitrogens with zero attached hydrogens (tertiary/aromatic N) is 1. The van der Waals surface area contributed by atoms with Crippen LogP contribution in [-0.4, -0.2) is 46.0 Å². The summed E-state index contributed by atoms with van der Waals surface area (Å²) in [4.78, 5) is 38.9. The van der Waals surface area contributed by atoms with Crippen LogP contribution in [0.2, 0.25) is 0 Å². The molecule has 3 atom stereocenters. The lowest BCUT2D eigenvalue weighted by atomic mass is 10.00. The highest BCUT2D eigenvalue weighted by Crippen LogP contribution is 2.44. The highest BCUT2D eigenvalue weighted by Gasteiger charge is 2.54. The SMILES string of the molecule is CC(=O)OCC1=C(C(=O)OC(c2ccccc2)c2ccccc2)N2C(=O)C(N)[C@H]2SC1C. The third-order valence-electron chi connectivity index (χ3n) is 5.52. The van der Waals surface area contributed by atoms with Gasteiger partial charge in [0.2, 0.25) is 5.91 Å². The fraction of sp³-hybridized carbons (Fsp3) is 0.292. The van der Waals surface area contributed by atoms with Crippen LogP contribution in [0.15, 0.2) is 71.9 Å². The molecule has 2 heterocycles. The molecule has 2 unspecified atom stereocenters. The van der Waals surface area contributed by atoms with Gasteiger partial charge < -0.3 is 15.2 Å². The first-order valence-electron chi connectivity index (χ1n) is 10.3. The smallest absolute Gasteiger partial charge is 0.356 e. The number of carbonyl (C=O) groups is 3. The molecule has 8 heteroatoms. The zero-order valence-electron chi connectivity index (χ0n) is 17.8. The van der Waals surface area contributed by atoms with Gasteiger partial charge in [-0.1, -0.05) is 60.7 Å². The molecule has 0 bridgehead atoms. The van der Waals surface area contributed by atoms with Gasteiger partial charge in [-0.15, -0.1) is 11.8 Å². The van der Waals surface area contributed by atoms with Crippen LogP contribution >= 0.6 is 11.8 Å². The monoisotopic (exact) mass is 452 g/mol. The average Bonchev–Trinajstić information content (AvgIpc) is 2.81. The Kier molecular flexibility index (Phi) is 6.34. The summed E-state index contributed by atoms with van der Waals surface area (Å²) in [6.45, 7) is 3.10. The van der Waals surface area contributed by atoms with Crippen LogP contribution in [-0.2, 0) is 23.9 Å². The summed E-state index contributed by atoms with van der Waals surface area (Å²) < 4.78 is 11.2. The minimum Gasteiger partial charge on any atom is -0.461 e. The summed E-state index contributed by atoms with van der Waals surface area (Å²) in [6, 6.07) is 18.1. The number of carbonyl (C=O) groups excluding carboxylic acids is 3. The van der Waals surface area contributed by atoms with E-state index in [4.69, 9.17) is 15.2 Å². The molecule has 2 aromatic carbocycles. The van der Waals surface area contributed by atoms with Gasteiger partial charge in [0.25, 0.3) is 0 Å². The zero-order valence-corrected chi connectivity index (χ0v) is 18.6. The highest BCUT2D eigenvalue weighted by atomic mass is 32.2. The minimum absolute atomic E-state index is 0.0962. The van der Waals surface area contributed by atoms with Crippen LogP contribution in [0.4, 0.5) is 0 Å². The van der Waals surface area contributed by atoms with Crippen molar-refractivity contribution in [1.82, 2.24) is 4.90 Å². The Hall–Kier alpha value is -3.10. The summed E-state index contributed by atoms with van der Waals surface area (Å²) in [5, 5.41) is -0.530. The summed E-state index contributed by atoms with van der Waals surface area (Å²) in [7, 11) is 0. The number of hydrogen-bond acceptors (Lipinski definition) is 7. The molecule has 4 rings (SSSR count). The molecule has 1 fully saturated rings. The van der Waals surface area contributed by atoms with E-state index in [2.05, 4.69) is 0 Å². The molecule has 2 aliphatic rings. The van der Waals surface area contributed by atoms with E-state index in [9.17, 15) is 14.4 Å². The number of β-lactam (4-membered cyclic amide) rings is 1. The average molecular weight is 453 g/mol. The zero-order chi connectivity index (χ0) is 22.8. The van der Waals surface area contributed by atoms with Crippen molar-refractivity contribution in [3.05, 3.63) is 83.1 Å². The van der Waals surface area contributed by atoms with Crippen molar-refractivity contribution in [3.8, 4) is 0 Å². The fourth-order valence-electron chi connectivity index (χ4n) is 3.85. The lowest BCUT2D eigenvalue weighted by Crippen LogP contribution is -2.69. The van der Waals surface area contributed by atoms with E-state index >= 15 is 0 Å². The van der Waals surface area contributed by atoms with Gasteiger partial charge in [0, 0.05) is 17.7 Å². The Morgan fingerprint density at radius 3 is 2.16 bits per heavy atom. The Bertz CT molecular complexity index is 1020. The van der Waals surface area contributed by atoms with Crippen LogP contribution in [0.5, 0.6) is 0 Å².